The molecule has 0 spiro atoms. The number of carbonyl (C=O) groups excluding carboxylic acids is 2. The van der Waals surface area contributed by atoms with E-state index in [1.807, 2.05) is 53.3 Å². The maximum Gasteiger partial charge on any atom is 0.246 e. The summed E-state index contributed by atoms with van der Waals surface area (Å²) in [5, 5.41) is 0. The fourth-order valence-electron chi connectivity index (χ4n) is 3.96. The molecule has 0 N–H and O–H groups in total. The maximum absolute atomic E-state index is 12.9. The lowest BCUT2D eigenvalue weighted by Crippen LogP contribution is -2.42. The predicted molar refractivity (Wildman–Crippen MR) is 126 cm³/mol. The van der Waals surface area contributed by atoms with Gasteiger partial charge in [0, 0.05) is 38.7 Å². The second-order valence-electron chi connectivity index (χ2n) is 9.48. The lowest BCUT2D eigenvalue weighted by molar-refractivity contribution is -0.138. The van der Waals surface area contributed by atoms with Crippen LogP contribution in [0.4, 0.5) is 0 Å². The number of amides is 2. The standard InChI is InChI=1S/C27H34N2O2/c1-27(2,3)24-13-10-22(11-14-24)20-28(4)26(31)23-16-18-29(19-17-23)25(30)15-12-21-8-6-5-7-9-21/h5-15,23H,16-20H2,1-4H3/b15-12+. The van der Waals surface area contributed by atoms with Gasteiger partial charge in [-0.1, -0.05) is 75.4 Å². The molecule has 0 radical (unpaired) electrons. The summed E-state index contributed by atoms with van der Waals surface area (Å²) in [6, 6.07) is 18.4. The third-order valence-corrected chi connectivity index (χ3v) is 5.99. The normalized spacial score (nSPS) is 15.3. The zero-order valence-corrected chi connectivity index (χ0v) is 19.2. The van der Waals surface area contributed by atoms with Gasteiger partial charge in [0.2, 0.25) is 11.8 Å². The maximum atomic E-state index is 12.9. The van der Waals surface area contributed by atoms with E-state index in [0.29, 0.717) is 19.6 Å². The molecular formula is C27H34N2O2. The molecule has 0 bridgehead atoms. The summed E-state index contributed by atoms with van der Waals surface area (Å²) >= 11 is 0. The van der Waals surface area contributed by atoms with Gasteiger partial charge in [0.25, 0.3) is 0 Å². The van der Waals surface area contributed by atoms with Gasteiger partial charge in [0.1, 0.15) is 0 Å². The first kappa shape index (κ1) is 22.8. The molecule has 0 aliphatic carbocycles. The van der Waals surface area contributed by atoms with E-state index in [1.165, 1.54) is 5.56 Å². The summed E-state index contributed by atoms with van der Waals surface area (Å²) in [6.45, 7) is 8.47. The molecule has 0 atom stereocenters. The molecule has 0 aromatic heterocycles. The van der Waals surface area contributed by atoms with Gasteiger partial charge in [-0.2, -0.15) is 0 Å². The SMILES string of the molecule is CN(Cc1ccc(C(C)(C)C)cc1)C(=O)C1CCN(C(=O)/C=C/c2ccccc2)CC1. The van der Waals surface area contributed by atoms with E-state index in [0.717, 1.165) is 24.0 Å². The number of likely N-dealkylation sites (tertiary alicyclic amines) is 1. The van der Waals surface area contributed by atoms with Crippen LogP contribution in [-0.4, -0.2) is 41.8 Å². The van der Waals surface area contributed by atoms with Crippen molar-refractivity contribution in [3.63, 3.8) is 0 Å². The molecule has 3 rings (SSSR count). The van der Waals surface area contributed by atoms with Crippen LogP contribution < -0.4 is 0 Å². The van der Waals surface area contributed by atoms with Gasteiger partial charge < -0.3 is 9.80 Å². The molecule has 2 aromatic carbocycles. The molecule has 4 nitrogen and oxygen atoms in total. The number of piperidine rings is 1. The zero-order valence-electron chi connectivity index (χ0n) is 19.2. The average Bonchev–Trinajstić information content (AvgIpc) is 2.77. The fraction of sp³-hybridized carbons (Fsp3) is 0.407. The minimum Gasteiger partial charge on any atom is -0.341 e. The zero-order chi connectivity index (χ0) is 22.4. The number of rotatable bonds is 5. The van der Waals surface area contributed by atoms with Crippen LogP contribution >= 0.6 is 0 Å². The Morgan fingerprint density at radius 1 is 1.00 bits per heavy atom. The topological polar surface area (TPSA) is 40.6 Å². The third-order valence-electron chi connectivity index (χ3n) is 5.99. The van der Waals surface area contributed by atoms with Gasteiger partial charge in [-0.05, 0) is 41.0 Å². The molecule has 1 aliphatic rings. The van der Waals surface area contributed by atoms with Crippen molar-refractivity contribution in [2.45, 2.75) is 45.6 Å². The Balaban J connectivity index is 1.49. The van der Waals surface area contributed by atoms with Crippen LogP contribution in [0, 0.1) is 5.92 Å². The highest BCUT2D eigenvalue weighted by atomic mass is 16.2. The molecule has 1 saturated heterocycles. The second kappa shape index (κ2) is 9.95. The van der Waals surface area contributed by atoms with Gasteiger partial charge >= 0.3 is 0 Å². The second-order valence-corrected chi connectivity index (χ2v) is 9.48. The van der Waals surface area contributed by atoms with Crippen LogP contribution in [0.3, 0.4) is 0 Å². The summed E-state index contributed by atoms with van der Waals surface area (Å²) < 4.78 is 0. The predicted octanol–water partition coefficient (Wildman–Crippen LogP) is 4.89. The van der Waals surface area contributed by atoms with Gasteiger partial charge in [-0.15, -0.1) is 0 Å². The Kier molecular flexibility index (Phi) is 7.32. The molecule has 0 unspecified atom stereocenters. The lowest BCUT2D eigenvalue weighted by Gasteiger charge is -2.32. The fourth-order valence-corrected chi connectivity index (χ4v) is 3.96. The van der Waals surface area contributed by atoms with E-state index < -0.39 is 0 Å². The minimum absolute atomic E-state index is 0.0130. The Bertz CT molecular complexity index is 903. The van der Waals surface area contributed by atoms with Crippen LogP contribution in [0.15, 0.2) is 60.7 Å². The van der Waals surface area contributed by atoms with Crippen LogP contribution in [0.25, 0.3) is 6.08 Å². The van der Waals surface area contributed by atoms with Crippen LogP contribution in [0.2, 0.25) is 0 Å². The van der Waals surface area contributed by atoms with E-state index in [1.54, 1.807) is 6.08 Å². The van der Waals surface area contributed by atoms with Crippen LogP contribution in [0.5, 0.6) is 0 Å². The molecule has 4 heteroatoms. The summed E-state index contributed by atoms with van der Waals surface area (Å²) in [5.74, 6) is 0.176. The highest BCUT2D eigenvalue weighted by Crippen LogP contribution is 2.24. The highest BCUT2D eigenvalue weighted by Gasteiger charge is 2.28. The lowest BCUT2D eigenvalue weighted by atomic mass is 9.86. The Morgan fingerprint density at radius 2 is 1.61 bits per heavy atom. The van der Waals surface area contributed by atoms with Crippen molar-refractivity contribution in [3.8, 4) is 0 Å². The van der Waals surface area contributed by atoms with Crippen molar-refractivity contribution in [2.75, 3.05) is 20.1 Å². The number of hydrogen-bond acceptors (Lipinski definition) is 2. The van der Waals surface area contributed by atoms with E-state index >= 15 is 0 Å². The molecule has 1 aliphatic heterocycles. The van der Waals surface area contributed by atoms with Crippen LogP contribution in [0.1, 0.15) is 50.3 Å². The Labute approximate surface area is 186 Å². The average molecular weight is 419 g/mol. The van der Waals surface area contributed by atoms with Crippen molar-refractivity contribution in [1.29, 1.82) is 0 Å². The molecule has 2 aromatic rings. The molecular weight excluding hydrogens is 384 g/mol. The van der Waals surface area contributed by atoms with Crippen LogP contribution in [-0.2, 0) is 21.5 Å². The first-order valence-electron chi connectivity index (χ1n) is 11.1. The number of benzene rings is 2. The molecule has 2 amide bonds. The number of carbonyl (C=O) groups is 2. The third kappa shape index (κ3) is 6.30. The molecule has 164 valence electrons. The van der Waals surface area contributed by atoms with Crippen molar-refractivity contribution in [1.82, 2.24) is 9.80 Å². The largest absolute Gasteiger partial charge is 0.341 e. The molecule has 0 saturated carbocycles. The summed E-state index contributed by atoms with van der Waals surface area (Å²) in [7, 11) is 1.88. The first-order chi connectivity index (χ1) is 14.7. The van der Waals surface area contributed by atoms with Gasteiger partial charge in [0.05, 0.1) is 0 Å². The van der Waals surface area contributed by atoms with E-state index in [2.05, 4.69) is 45.0 Å². The quantitative estimate of drug-likeness (QED) is 0.649. The minimum atomic E-state index is -0.0130. The Hall–Kier alpha value is -2.88. The van der Waals surface area contributed by atoms with Crippen molar-refractivity contribution >= 4 is 17.9 Å². The molecule has 1 fully saturated rings. The van der Waals surface area contributed by atoms with E-state index in [4.69, 9.17) is 0 Å². The number of hydrogen-bond donors (Lipinski definition) is 0. The van der Waals surface area contributed by atoms with Gasteiger partial charge in [0.15, 0.2) is 0 Å². The monoisotopic (exact) mass is 418 g/mol. The summed E-state index contributed by atoms with van der Waals surface area (Å²) in [6.07, 6.45) is 4.91. The highest BCUT2D eigenvalue weighted by molar-refractivity contribution is 5.92. The van der Waals surface area contributed by atoms with E-state index in [9.17, 15) is 9.59 Å². The van der Waals surface area contributed by atoms with Crippen molar-refractivity contribution in [2.24, 2.45) is 5.92 Å². The van der Waals surface area contributed by atoms with E-state index in [-0.39, 0.29) is 23.1 Å². The molecule has 31 heavy (non-hydrogen) atoms. The Morgan fingerprint density at radius 3 is 2.19 bits per heavy atom. The first-order valence-corrected chi connectivity index (χ1v) is 11.1. The van der Waals surface area contributed by atoms with Crippen molar-refractivity contribution < 1.29 is 9.59 Å². The summed E-state index contributed by atoms with van der Waals surface area (Å²) in [5.41, 5.74) is 3.58. The number of nitrogens with zero attached hydrogens (tertiary/aromatic N) is 2. The van der Waals surface area contributed by atoms with Gasteiger partial charge in [-0.3, -0.25) is 9.59 Å². The molecule has 1 heterocycles. The summed E-state index contributed by atoms with van der Waals surface area (Å²) in [4.78, 5) is 29.1. The van der Waals surface area contributed by atoms with Gasteiger partial charge in [-0.25, -0.2) is 0 Å². The smallest absolute Gasteiger partial charge is 0.246 e. The van der Waals surface area contributed by atoms with Crippen molar-refractivity contribution in [3.05, 3.63) is 77.4 Å².